The van der Waals surface area contributed by atoms with Gasteiger partial charge in [-0.05, 0) is 6.92 Å². The normalized spacial score (nSPS) is 9.29. The topological polar surface area (TPSA) is 26.3 Å². The van der Waals surface area contributed by atoms with E-state index in [1.165, 1.54) is 25.7 Å². The molecule has 2 nitrogen and oxygen atoms in total. The molecule has 0 aromatic rings. The number of carbonyl (C=O) groups is 1. The van der Waals surface area contributed by atoms with Gasteiger partial charge in [-0.25, -0.2) is 4.79 Å². The number of esters is 1. The molecule has 0 amide bonds. The van der Waals surface area contributed by atoms with Crippen molar-refractivity contribution in [1.82, 2.24) is 0 Å². The number of unbranched alkanes of at least 4 members (excludes halogenated alkanes) is 3. The zero-order valence-electron chi connectivity index (χ0n) is 9.19. The van der Waals surface area contributed by atoms with Crippen molar-refractivity contribution in [3.8, 4) is 0 Å². The maximum Gasteiger partial charge on any atom is 0.339 e. The molecule has 86 valence electrons. The van der Waals surface area contributed by atoms with Gasteiger partial charge in [-0.2, -0.15) is 0 Å². The molecule has 4 heteroatoms. The van der Waals surface area contributed by atoms with Gasteiger partial charge in [0.15, 0.2) is 0 Å². The van der Waals surface area contributed by atoms with Crippen LogP contribution in [0, 0.1) is 0 Å². The predicted octanol–water partition coefficient (Wildman–Crippen LogP) is 3.94. The SMILES string of the molecule is CCCCCC.CCOC(=O)C(Cl)Cl. The molecule has 0 radical (unpaired) electrons. The molecule has 0 saturated carbocycles. The molecule has 0 aromatic carbocycles. The molecular formula is C10H20Cl2O2. The van der Waals surface area contributed by atoms with E-state index in [0.717, 1.165) is 0 Å². The largest absolute Gasteiger partial charge is 0.464 e. The second-order valence-electron chi connectivity index (χ2n) is 2.76. The average Bonchev–Trinajstić information content (AvgIpc) is 2.16. The Morgan fingerprint density at radius 3 is 1.71 bits per heavy atom. The Labute approximate surface area is 96.9 Å². The molecule has 0 rings (SSSR count). The van der Waals surface area contributed by atoms with Crippen LogP contribution in [-0.4, -0.2) is 17.4 Å². The second kappa shape index (κ2) is 13.1. The molecule has 0 saturated heterocycles. The molecule has 0 heterocycles. The van der Waals surface area contributed by atoms with Crippen LogP contribution in [0.15, 0.2) is 0 Å². The van der Waals surface area contributed by atoms with Crippen LogP contribution in [0.3, 0.4) is 0 Å². The molecule has 14 heavy (non-hydrogen) atoms. The Hall–Kier alpha value is 0.0500. The molecule has 0 aromatic heterocycles. The number of hydrogen-bond acceptors (Lipinski definition) is 2. The summed E-state index contributed by atoms with van der Waals surface area (Å²) in [6.07, 6.45) is 5.54. The van der Waals surface area contributed by atoms with Gasteiger partial charge >= 0.3 is 5.97 Å². The van der Waals surface area contributed by atoms with Crippen molar-refractivity contribution < 1.29 is 9.53 Å². The van der Waals surface area contributed by atoms with E-state index in [1.807, 2.05) is 0 Å². The third-order valence-corrected chi connectivity index (χ3v) is 1.78. The highest BCUT2D eigenvalue weighted by molar-refractivity contribution is 6.52. The van der Waals surface area contributed by atoms with Crippen molar-refractivity contribution in [2.45, 2.75) is 51.3 Å². The van der Waals surface area contributed by atoms with Crippen LogP contribution in [0.1, 0.15) is 46.5 Å². The fourth-order valence-corrected chi connectivity index (χ4v) is 0.831. The van der Waals surface area contributed by atoms with E-state index in [1.54, 1.807) is 6.92 Å². The summed E-state index contributed by atoms with van der Waals surface area (Å²) in [5.74, 6) is -0.587. The van der Waals surface area contributed by atoms with Crippen molar-refractivity contribution in [2.75, 3.05) is 6.61 Å². The predicted molar refractivity (Wildman–Crippen MR) is 61.9 cm³/mol. The quantitative estimate of drug-likeness (QED) is 0.415. The smallest absolute Gasteiger partial charge is 0.339 e. The molecule has 0 atom stereocenters. The lowest BCUT2D eigenvalue weighted by Gasteiger charge is -1.98. The van der Waals surface area contributed by atoms with Crippen LogP contribution in [0.2, 0.25) is 0 Å². The molecule has 0 unspecified atom stereocenters. The van der Waals surface area contributed by atoms with E-state index in [2.05, 4.69) is 18.6 Å². The molecule has 0 bridgehead atoms. The second-order valence-corrected chi connectivity index (χ2v) is 3.86. The summed E-state index contributed by atoms with van der Waals surface area (Å²) in [6.45, 7) is 6.47. The number of alkyl halides is 2. The van der Waals surface area contributed by atoms with E-state index in [9.17, 15) is 4.79 Å². The van der Waals surface area contributed by atoms with Gasteiger partial charge in [0.05, 0.1) is 6.61 Å². The number of ether oxygens (including phenoxy) is 1. The zero-order chi connectivity index (χ0) is 11.4. The fraction of sp³-hybridized carbons (Fsp3) is 0.900. The lowest BCUT2D eigenvalue weighted by atomic mass is 10.2. The first-order valence-corrected chi connectivity index (χ1v) is 5.92. The Morgan fingerprint density at radius 1 is 1.14 bits per heavy atom. The Bertz CT molecular complexity index is 123. The highest BCUT2D eigenvalue weighted by atomic mass is 35.5. The summed E-state index contributed by atoms with van der Waals surface area (Å²) in [6, 6.07) is 0. The lowest BCUT2D eigenvalue weighted by molar-refractivity contribution is -0.140. The Balaban J connectivity index is 0. The third-order valence-electron chi connectivity index (χ3n) is 1.42. The van der Waals surface area contributed by atoms with Gasteiger partial charge in [0.1, 0.15) is 0 Å². The van der Waals surface area contributed by atoms with Crippen molar-refractivity contribution in [1.29, 1.82) is 0 Å². The van der Waals surface area contributed by atoms with Gasteiger partial charge in [-0.3, -0.25) is 0 Å². The first kappa shape index (κ1) is 16.5. The summed E-state index contributed by atoms with van der Waals surface area (Å²) in [5, 5.41) is 0. The van der Waals surface area contributed by atoms with Gasteiger partial charge in [-0.15, -0.1) is 0 Å². The summed E-state index contributed by atoms with van der Waals surface area (Å²) in [7, 11) is 0. The van der Waals surface area contributed by atoms with Crippen LogP contribution in [0.4, 0.5) is 0 Å². The van der Waals surface area contributed by atoms with Gasteiger partial charge in [0, 0.05) is 0 Å². The van der Waals surface area contributed by atoms with Gasteiger partial charge < -0.3 is 4.74 Å². The molecule has 0 aliphatic rings. The number of carbonyl (C=O) groups excluding carboxylic acids is 1. The van der Waals surface area contributed by atoms with Crippen LogP contribution in [0.25, 0.3) is 0 Å². The highest BCUT2D eigenvalue weighted by Gasteiger charge is 2.10. The summed E-state index contributed by atoms with van der Waals surface area (Å²) < 4.78 is 4.40. The molecule has 0 aliphatic carbocycles. The van der Waals surface area contributed by atoms with Gasteiger partial charge in [-0.1, -0.05) is 62.7 Å². The van der Waals surface area contributed by atoms with Crippen LogP contribution >= 0.6 is 23.2 Å². The molecule has 0 fully saturated rings. The third kappa shape index (κ3) is 14.6. The fourth-order valence-electron chi connectivity index (χ4n) is 0.705. The van der Waals surface area contributed by atoms with Gasteiger partial charge in [0.25, 0.3) is 0 Å². The number of rotatable bonds is 5. The molecule has 0 spiro atoms. The number of halogens is 2. The van der Waals surface area contributed by atoms with E-state index in [-0.39, 0.29) is 0 Å². The summed E-state index contributed by atoms with van der Waals surface area (Å²) >= 11 is 10.2. The minimum atomic E-state index is -1.05. The van der Waals surface area contributed by atoms with E-state index >= 15 is 0 Å². The van der Waals surface area contributed by atoms with E-state index < -0.39 is 10.8 Å². The van der Waals surface area contributed by atoms with Crippen LogP contribution in [0.5, 0.6) is 0 Å². The summed E-state index contributed by atoms with van der Waals surface area (Å²) in [5.41, 5.74) is 0. The lowest BCUT2D eigenvalue weighted by Crippen LogP contribution is -2.11. The average molecular weight is 243 g/mol. The van der Waals surface area contributed by atoms with Crippen LogP contribution < -0.4 is 0 Å². The maximum atomic E-state index is 10.3. The van der Waals surface area contributed by atoms with Gasteiger partial charge in [0.2, 0.25) is 4.84 Å². The summed E-state index contributed by atoms with van der Waals surface area (Å²) in [4.78, 5) is 9.21. The zero-order valence-corrected chi connectivity index (χ0v) is 10.7. The first-order valence-electron chi connectivity index (χ1n) is 5.04. The number of hydrogen-bond donors (Lipinski definition) is 0. The molecule has 0 aliphatic heterocycles. The van der Waals surface area contributed by atoms with E-state index in [4.69, 9.17) is 23.2 Å². The van der Waals surface area contributed by atoms with Crippen molar-refractivity contribution in [3.05, 3.63) is 0 Å². The Kier molecular flexibility index (Phi) is 15.4. The van der Waals surface area contributed by atoms with Crippen molar-refractivity contribution in [2.24, 2.45) is 0 Å². The first-order chi connectivity index (χ1) is 6.59. The van der Waals surface area contributed by atoms with Crippen LogP contribution in [-0.2, 0) is 9.53 Å². The van der Waals surface area contributed by atoms with Crippen molar-refractivity contribution >= 4 is 29.2 Å². The van der Waals surface area contributed by atoms with E-state index in [0.29, 0.717) is 6.61 Å². The molecular weight excluding hydrogens is 223 g/mol. The standard InChI is InChI=1S/C6H14.C4H6Cl2O2/c1-3-5-6-4-2;1-2-8-4(7)3(5)6/h3-6H2,1-2H3;3H,2H2,1H3. The maximum absolute atomic E-state index is 10.3. The molecule has 0 N–H and O–H groups in total. The van der Waals surface area contributed by atoms with Crippen molar-refractivity contribution in [3.63, 3.8) is 0 Å². The monoisotopic (exact) mass is 242 g/mol. The Morgan fingerprint density at radius 2 is 1.57 bits per heavy atom. The minimum absolute atomic E-state index is 0.314. The highest BCUT2D eigenvalue weighted by Crippen LogP contribution is 2.02. The minimum Gasteiger partial charge on any atom is -0.464 e.